The molecule has 1 N–H and O–H groups in total. The number of halogens is 1. The molecule has 0 amide bonds. The number of benzene rings is 1. The quantitative estimate of drug-likeness (QED) is 0.518. The molecule has 1 fully saturated rings. The van der Waals surface area contributed by atoms with E-state index < -0.39 is 0 Å². The Balaban J connectivity index is 2.08. The number of nitrogens with zero attached hydrogens (tertiary/aromatic N) is 1. The molecule has 1 aliphatic rings. The molecule has 6 heteroatoms. The van der Waals surface area contributed by atoms with Crippen LogP contribution in [-0.2, 0) is 4.74 Å². The largest absolute Gasteiger partial charge is 0.379 e. The van der Waals surface area contributed by atoms with E-state index in [1.165, 1.54) is 6.07 Å². The SMILES string of the molecule is O=[N+]([O-])c1ccc(NC2CCCOC2)c(I)c1. The molecule has 0 radical (unpaired) electrons. The van der Waals surface area contributed by atoms with Crippen LogP contribution in [0.1, 0.15) is 12.8 Å². The lowest BCUT2D eigenvalue weighted by atomic mass is 10.1. The zero-order valence-corrected chi connectivity index (χ0v) is 11.3. The minimum atomic E-state index is -0.379. The van der Waals surface area contributed by atoms with Gasteiger partial charge in [-0.2, -0.15) is 0 Å². The first-order valence-electron chi connectivity index (χ1n) is 5.45. The van der Waals surface area contributed by atoms with Crippen molar-refractivity contribution in [3.63, 3.8) is 0 Å². The number of nitro groups is 1. The molecule has 1 aromatic rings. The van der Waals surface area contributed by atoms with Crippen molar-refractivity contribution >= 4 is 34.0 Å². The van der Waals surface area contributed by atoms with Gasteiger partial charge >= 0.3 is 0 Å². The van der Waals surface area contributed by atoms with Crippen molar-refractivity contribution in [2.45, 2.75) is 18.9 Å². The molecule has 92 valence electrons. The molecular weight excluding hydrogens is 335 g/mol. The standard InChI is InChI=1S/C11H13IN2O3/c12-10-6-9(14(15)16)3-4-11(10)13-8-2-1-5-17-7-8/h3-4,6,8,13H,1-2,5,7H2. The number of ether oxygens (including phenoxy) is 1. The molecule has 1 saturated heterocycles. The van der Waals surface area contributed by atoms with Crippen LogP contribution >= 0.6 is 22.6 Å². The highest BCUT2D eigenvalue weighted by Crippen LogP contribution is 2.25. The maximum Gasteiger partial charge on any atom is 0.270 e. The van der Waals surface area contributed by atoms with Crippen LogP contribution in [0.25, 0.3) is 0 Å². The third kappa shape index (κ3) is 3.29. The van der Waals surface area contributed by atoms with Gasteiger partial charge in [0.05, 0.1) is 11.5 Å². The highest BCUT2D eigenvalue weighted by Gasteiger charge is 2.15. The van der Waals surface area contributed by atoms with Crippen molar-refractivity contribution in [1.82, 2.24) is 0 Å². The topological polar surface area (TPSA) is 64.4 Å². The number of nitrogens with one attached hydrogen (secondary N) is 1. The van der Waals surface area contributed by atoms with Crippen LogP contribution < -0.4 is 5.32 Å². The van der Waals surface area contributed by atoms with Crippen LogP contribution in [-0.4, -0.2) is 24.2 Å². The summed E-state index contributed by atoms with van der Waals surface area (Å²) in [5.41, 5.74) is 1.06. The van der Waals surface area contributed by atoms with Crippen LogP contribution in [0.2, 0.25) is 0 Å². The summed E-state index contributed by atoms with van der Waals surface area (Å²) in [7, 11) is 0. The molecule has 0 aliphatic carbocycles. The van der Waals surface area contributed by atoms with E-state index >= 15 is 0 Å². The molecule has 1 unspecified atom stereocenters. The van der Waals surface area contributed by atoms with E-state index in [0.717, 1.165) is 28.7 Å². The second kappa shape index (κ2) is 5.63. The van der Waals surface area contributed by atoms with Gasteiger partial charge < -0.3 is 10.1 Å². The molecule has 1 atom stereocenters. The number of hydrogen-bond donors (Lipinski definition) is 1. The lowest BCUT2D eigenvalue weighted by Crippen LogP contribution is -2.30. The van der Waals surface area contributed by atoms with Crippen LogP contribution in [0, 0.1) is 13.7 Å². The van der Waals surface area contributed by atoms with Crippen LogP contribution in [0.15, 0.2) is 18.2 Å². The van der Waals surface area contributed by atoms with Crippen molar-refractivity contribution in [3.8, 4) is 0 Å². The predicted octanol–water partition coefficient (Wildman–Crippen LogP) is 2.79. The highest BCUT2D eigenvalue weighted by molar-refractivity contribution is 14.1. The Morgan fingerprint density at radius 1 is 1.53 bits per heavy atom. The van der Waals surface area contributed by atoms with Crippen molar-refractivity contribution in [2.75, 3.05) is 18.5 Å². The van der Waals surface area contributed by atoms with E-state index in [1.54, 1.807) is 12.1 Å². The lowest BCUT2D eigenvalue weighted by Gasteiger charge is -2.24. The highest BCUT2D eigenvalue weighted by atomic mass is 127. The average Bonchev–Trinajstić information content (AvgIpc) is 2.33. The maximum atomic E-state index is 10.6. The molecular formula is C11H13IN2O3. The van der Waals surface area contributed by atoms with Crippen molar-refractivity contribution in [3.05, 3.63) is 31.9 Å². The first-order chi connectivity index (χ1) is 8.16. The van der Waals surface area contributed by atoms with Crippen LogP contribution in [0.4, 0.5) is 11.4 Å². The fourth-order valence-corrected chi connectivity index (χ4v) is 2.46. The first-order valence-corrected chi connectivity index (χ1v) is 6.53. The molecule has 0 bridgehead atoms. The zero-order chi connectivity index (χ0) is 12.3. The molecule has 0 spiro atoms. The van der Waals surface area contributed by atoms with Gasteiger partial charge in [-0.3, -0.25) is 10.1 Å². The lowest BCUT2D eigenvalue weighted by molar-refractivity contribution is -0.384. The Morgan fingerprint density at radius 3 is 2.94 bits per heavy atom. The second-order valence-corrected chi connectivity index (χ2v) is 5.14. The second-order valence-electron chi connectivity index (χ2n) is 3.98. The summed E-state index contributed by atoms with van der Waals surface area (Å²) < 4.78 is 6.25. The number of non-ortho nitro benzene ring substituents is 1. The third-order valence-corrected chi connectivity index (χ3v) is 3.58. The number of nitro benzene ring substituents is 1. The van der Waals surface area contributed by atoms with Gasteiger partial charge in [-0.15, -0.1) is 0 Å². The normalized spacial score (nSPS) is 19.9. The molecule has 17 heavy (non-hydrogen) atoms. The summed E-state index contributed by atoms with van der Waals surface area (Å²) in [6.45, 7) is 1.53. The van der Waals surface area contributed by atoms with Gasteiger partial charge in [0, 0.05) is 34.0 Å². The summed E-state index contributed by atoms with van der Waals surface area (Å²) in [6.07, 6.45) is 2.13. The minimum absolute atomic E-state index is 0.125. The van der Waals surface area contributed by atoms with E-state index in [4.69, 9.17) is 4.74 Å². The molecule has 2 rings (SSSR count). The van der Waals surface area contributed by atoms with E-state index in [2.05, 4.69) is 27.9 Å². The van der Waals surface area contributed by atoms with Gasteiger partial charge in [0.2, 0.25) is 0 Å². The fraction of sp³-hybridized carbons (Fsp3) is 0.455. The smallest absolute Gasteiger partial charge is 0.270 e. The molecule has 0 aromatic heterocycles. The monoisotopic (exact) mass is 348 g/mol. The predicted molar refractivity (Wildman–Crippen MR) is 73.3 cm³/mol. The molecule has 0 saturated carbocycles. The Bertz CT molecular complexity index is 419. The van der Waals surface area contributed by atoms with Gasteiger partial charge in [0.1, 0.15) is 0 Å². The van der Waals surface area contributed by atoms with Crippen molar-refractivity contribution in [1.29, 1.82) is 0 Å². The third-order valence-electron chi connectivity index (χ3n) is 2.68. The summed E-state index contributed by atoms with van der Waals surface area (Å²) in [6, 6.07) is 5.16. The molecule has 1 aromatic carbocycles. The van der Waals surface area contributed by atoms with Crippen molar-refractivity contribution < 1.29 is 9.66 Å². The minimum Gasteiger partial charge on any atom is -0.379 e. The van der Waals surface area contributed by atoms with E-state index in [0.29, 0.717) is 12.6 Å². The zero-order valence-electron chi connectivity index (χ0n) is 9.19. The van der Waals surface area contributed by atoms with E-state index in [1.807, 2.05) is 0 Å². The van der Waals surface area contributed by atoms with Gasteiger partial charge in [0.15, 0.2) is 0 Å². The average molecular weight is 348 g/mol. The summed E-state index contributed by atoms with van der Waals surface area (Å²) in [5, 5.41) is 14.0. The summed E-state index contributed by atoms with van der Waals surface area (Å²) in [4.78, 5) is 10.2. The number of anilines is 1. The molecule has 1 aliphatic heterocycles. The molecule has 1 heterocycles. The number of hydrogen-bond acceptors (Lipinski definition) is 4. The van der Waals surface area contributed by atoms with E-state index in [-0.39, 0.29) is 10.6 Å². The Hall–Kier alpha value is -0.890. The van der Waals surface area contributed by atoms with Crippen LogP contribution in [0.3, 0.4) is 0 Å². The fourth-order valence-electron chi connectivity index (χ4n) is 1.81. The van der Waals surface area contributed by atoms with Gasteiger partial charge in [-0.05, 0) is 41.5 Å². The Kier molecular flexibility index (Phi) is 4.16. The first kappa shape index (κ1) is 12.6. The van der Waals surface area contributed by atoms with Crippen LogP contribution in [0.5, 0.6) is 0 Å². The Morgan fingerprint density at radius 2 is 2.35 bits per heavy atom. The van der Waals surface area contributed by atoms with Gasteiger partial charge in [-0.1, -0.05) is 0 Å². The van der Waals surface area contributed by atoms with E-state index in [9.17, 15) is 10.1 Å². The van der Waals surface area contributed by atoms with Gasteiger partial charge in [0.25, 0.3) is 5.69 Å². The summed E-state index contributed by atoms with van der Waals surface area (Å²) >= 11 is 2.11. The maximum absolute atomic E-state index is 10.6. The van der Waals surface area contributed by atoms with Crippen molar-refractivity contribution in [2.24, 2.45) is 0 Å². The Labute approximate surface area is 113 Å². The summed E-state index contributed by atoms with van der Waals surface area (Å²) in [5.74, 6) is 0. The van der Waals surface area contributed by atoms with Gasteiger partial charge in [-0.25, -0.2) is 0 Å². The molecule has 5 nitrogen and oxygen atoms in total. The number of rotatable bonds is 3.